The molecule has 0 aliphatic heterocycles. The molecule has 0 bridgehead atoms. The first-order chi connectivity index (χ1) is 9.33. The van der Waals surface area contributed by atoms with Crippen LogP contribution in [-0.2, 0) is 0 Å². The van der Waals surface area contributed by atoms with Crippen molar-refractivity contribution in [2.24, 2.45) is 11.1 Å². The molecule has 0 radical (unpaired) electrons. The second-order valence-corrected chi connectivity index (χ2v) is 6.33. The summed E-state index contributed by atoms with van der Waals surface area (Å²) in [7, 11) is 0. The lowest BCUT2D eigenvalue weighted by Gasteiger charge is -2.22. The average molecular weight is 276 g/mol. The number of hydrogen-bond donors (Lipinski definition) is 2. The highest BCUT2D eigenvalue weighted by Gasteiger charge is 2.20. The number of hydrogen-bond acceptors (Lipinski definition) is 2. The second-order valence-electron chi connectivity index (χ2n) is 6.33. The third-order valence-electron chi connectivity index (χ3n) is 3.74. The minimum Gasteiger partial charge on any atom is -0.494 e. The van der Waals surface area contributed by atoms with E-state index >= 15 is 0 Å². The molecule has 0 fully saturated rings. The fourth-order valence-corrected chi connectivity index (χ4v) is 1.94. The van der Waals surface area contributed by atoms with Gasteiger partial charge in [0.05, 0.1) is 12.4 Å². The predicted octanol–water partition coefficient (Wildman–Crippen LogP) is 4.32. The summed E-state index contributed by atoms with van der Waals surface area (Å²) in [5.41, 5.74) is 6.70. The smallest absolute Gasteiger partial charge is 0.119 e. The molecule has 112 valence electrons. The van der Waals surface area contributed by atoms with E-state index in [1.54, 1.807) is 0 Å². The molecule has 0 aliphatic carbocycles. The van der Waals surface area contributed by atoms with Gasteiger partial charge < -0.3 is 10.5 Å². The Morgan fingerprint density at radius 1 is 1.20 bits per heavy atom. The fourth-order valence-electron chi connectivity index (χ4n) is 1.94. The quantitative estimate of drug-likeness (QED) is 0.422. The van der Waals surface area contributed by atoms with Gasteiger partial charge in [-0.1, -0.05) is 39.8 Å². The molecule has 0 saturated carbocycles. The van der Waals surface area contributed by atoms with Crippen LogP contribution < -0.4 is 10.5 Å². The molecular weight excluding hydrogens is 248 g/mol. The van der Waals surface area contributed by atoms with Gasteiger partial charge in [-0.05, 0) is 42.9 Å². The Labute approximate surface area is 123 Å². The molecule has 3 N–H and O–H groups in total. The van der Waals surface area contributed by atoms with E-state index in [1.165, 1.54) is 5.56 Å². The van der Waals surface area contributed by atoms with Crippen LogP contribution in [0.1, 0.15) is 58.4 Å². The van der Waals surface area contributed by atoms with E-state index in [0.29, 0.717) is 5.92 Å². The molecule has 0 aromatic heterocycles. The van der Waals surface area contributed by atoms with Crippen molar-refractivity contribution in [1.29, 1.82) is 5.41 Å². The van der Waals surface area contributed by atoms with E-state index in [9.17, 15) is 0 Å². The Kier molecular flexibility index (Phi) is 6.05. The summed E-state index contributed by atoms with van der Waals surface area (Å²) in [6, 6.07) is 8.32. The maximum atomic E-state index is 7.51. The van der Waals surface area contributed by atoms with E-state index in [0.717, 1.165) is 31.6 Å². The molecule has 3 nitrogen and oxygen atoms in total. The van der Waals surface area contributed by atoms with Gasteiger partial charge in [-0.25, -0.2) is 0 Å². The summed E-state index contributed by atoms with van der Waals surface area (Å²) >= 11 is 0. The van der Waals surface area contributed by atoms with Crippen LogP contribution in [0.4, 0.5) is 0 Å². The van der Waals surface area contributed by atoms with Crippen LogP contribution in [0.3, 0.4) is 0 Å². The van der Waals surface area contributed by atoms with Crippen LogP contribution in [0, 0.1) is 10.8 Å². The number of unbranched alkanes of at least 4 members (excludes halogenated alkanes) is 1. The maximum absolute atomic E-state index is 7.51. The Hall–Kier alpha value is -1.51. The van der Waals surface area contributed by atoms with E-state index in [4.69, 9.17) is 15.9 Å². The molecule has 0 atom stereocenters. The zero-order valence-corrected chi connectivity index (χ0v) is 13.2. The van der Waals surface area contributed by atoms with Crippen molar-refractivity contribution in [1.82, 2.24) is 0 Å². The fraction of sp³-hybridized carbons (Fsp3) is 0.588. The van der Waals surface area contributed by atoms with Crippen molar-refractivity contribution in [3.8, 4) is 5.75 Å². The first-order valence-electron chi connectivity index (χ1n) is 7.40. The molecule has 1 aromatic carbocycles. The Balaban J connectivity index is 2.26. The van der Waals surface area contributed by atoms with Gasteiger partial charge in [-0.2, -0.15) is 0 Å². The van der Waals surface area contributed by atoms with Crippen molar-refractivity contribution < 1.29 is 4.74 Å². The van der Waals surface area contributed by atoms with Gasteiger partial charge in [0.15, 0.2) is 0 Å². The van der Waals surface area contributed by atoms with Gasteiger partial charge in [0.25, 0.3) is 0 Å². The van der Waals surface area contributed by atoms with Gasteiger partial charge in [0, 0.05) is 5.41 Å². The van der Waals surface area contributed by atoms with Crippen molar-refractivity contribution in [2.45, 2.75) is 52.9 Å². The molecule has 0 saturated heterocycles. The highest BCUT2D eigenvalue weighted by Crippen LogP contribution is 2.23. The summed E-state index contributed by atoms with van der Waals surface area (Å²) in [4.78, 5) is 0. The molecule has 0 heterocycles. The first kappa shape index (κ1) is 16.5. The van der Waals surface area contributed by atoms with Crippen molar-refractivity contribution in [3.05, 3.63) is 29.8 Å². The third-order valence-corrected chi connectivity index (χ3v) is 3.74. The second kappa shape index (κ2) is 7.32. The molecule has 1 aromatic rings. The van der Waals surface area contributed by atoms with E-state index in [1.807, 2.05) is 26.0 Å². The van der Waals surface area contributed by atoms with E-state index in [-0.39, 0.29) is 11.3 Å². The molecule has 20 heavy (non-hydrogen) atoms. The Morgan fingerprint density at radius 3 is 2.30 bits per heavy atom. The van der Waals surface area contributed by atoms with Crippen LogP contribution in [0.2, 0.25) is 0 Å². The van der Waals surface area contributed by atoms with Crippen LogP contribution in [0.25, 0.3) is 0 Å². The third kappa shape index (κ3) is 5.24. The van der Waals surface area contributed by atoms with Crippen LogP contribution in [-0.4, -0.2) is 12.4 Å². The highest BCUT2D eigenvalue weighted by molar-refractivity contribution is 5.82. The van der Waals surface area contributed by atoms with Gasteiger partial charge in [0.2, 0.25) is 0 Å². The summed E-state index contributed by atoms with van der Waals surface area (Å²) < 4.78 is 5.73. The standard InChI is InChI=1S/C17H28N2O/c1-13(2)14-7-9-15(10-8-14)20-12-6-5-11-17(3,4)16(18)19/h7-10,13H,5-6,11-12H2,1-4H3,(H3,18,19). The minimum atomic E-state index is -0.196. The normalized spacial score (nSPS) is 11.7. The van der Waals surface area contributed by atoms with Crippen molar-refractivity contribution in [3.63, 3.8) is 0 Å². The Bertz CT molecular complexity index is 421. The minimum absolute atomic E-state index is 0.196. The summed E-state index contributed by atoms with van der Waals surface area (Å²) in [5.74, 6) is 1.75. The summed E-state index contributed by atoms with van der Waals surface area (Å²) in [6.45, 7) is 9.12. The molecule has 3 heteroatoms. The molecule has 0 aliphatic rings. The van der Waals surface area contributed by atoms with Crippen molar-refractivity contribution in [2.75, 3.05) is 6.61 Å². The summed E-state index contributed by atoms with van der Waals surface area (Å²) in [6.07, 6.45) is 2.94. The molecule has 0 spiro atoms. The number of benzene rings is 1. The van der Waals surface area contributed by atoms with Gasteiger partial charge in [-0.3, -0.25) is 5.41 Å². The zero-order chi connectivity index (χ0) is 15.2. The average Bonchev–Trinajstić information content (AvgIpc) is 2.38. The molecular formula is C17H28N2O. The number of amidine groups is 1. The lowest BCUT2D eigenvalue weighted by molar-refractivity contribution is 0.296. The predicted molar refractivity (Wildman–Crippen MR) is 85.6 cm³/mol. The zero-order valence-electron chi connectivity index (χ0n) is 13.2. The highest BCUT2D eigenvalue weighted by atomic mass is 16.5. The number of ether oxygens (including phenoxy) is 1. The summed E-state index contributed by atoms with van der Waals surface area (Å²) in [5, 5.41) is 7.51. The van der Waals surface area contributed by atoms with E-state index < -0.39 is 0 Å². The van der Waals surface area contributed by atoms with Crippen molar-refractivity contribution >= 4 is 5.84 Å². The number of nitrogens with two attached hydrogens (primary N) is 1. The topological polar surface area (TPSA) is 59.1 Å². The maximum Gasteiger partial charge on any atom is 0.119 e. The lowest BCUT2D eigenvalue weighted by Crippen LogP contribution is -2.30. The van der Waals surface area contributed by atoms with Crippen LogP contribution in [0.15, 0.2) is 24.3 Å². The molecule has 0 unspecified atom stereocenters. The lowest BCUT2D eigenvalue weighted by atomic mass is 9.86. The van der Waals surface area contributed by atoms with Gasteiger partial charge >= 0.3 is 0 Å². The van der Waals surface area contributed by atoms with Gasteiger partial charge in [-0.15, -0.1) is 0 Å². The molecule has 0 amide bonds. The van der Waals surface area contributed by atoms with Crippen LogP contribution in [0.5, 0.6) is 5.75 Å². The van der Waals surface area contributed by atoms with Gasteiger partial charge in [0.1, 0.15) is 5.75 Å². The first-order valence-corrected chi connectivity index (χ1v) is 7.40. The van der Waals surface area contributed by atoms with Crippen LogP contribution >= 0.6 is 0 Å². The number of nitrogens with one attached hydrogen (secondary N) is 1. The van der Waals surface area contributed by atoms with E-state index in [2.05, 4.69) is 26.0 Å². The molecule has 1 rings (SSSR count). The number of rotatable bonds is 8. The monoisotopic (exact) mass is 276 g/mol. The SMILES string of the molecule is CC(C)c1ccc(OCCCCC(C)(C)C(=N)N)cc1. The Morgan fingerprint density at radius 2 is 1.80 bits per heavy atom. The largest absolute Gasteiger partial charge is 0.494 e.